The number of rotatable bonds is 3. The Balaban J connectivity index is 2.36. The maximum atomic E-state index is 8.81. The highest BCUT2D eigenvalue weighted by atomic mass is 15.1. The molecule has 1 fully saturated rings. The van der Waals surface area contributed by atoms with Gasteiger partial charge in [0, 0.05) is 6.04 Å². The lowest BCUT2D eigenvalue weighted by atomic mass is 9.96. The average molecular weight is 208 g/mol. The fourth-order valence-corrected chi connectivity index (χ4v) is 1.64. The molecule has 4 heteroatoms. The van der Waals surface area contributed by atoms with Crippen molar-refractivity contribution in [3.05, 3.63) is 0 Å². The van der Waals surface area contributed by atoms with E-state index in [2.05, 4.69) is 16.4 Å². The first-order chi connectivity index (χ1) is 7.03. The molecule has 0 radical (unpaired) electrons. The van der Waals surface area contributed by atoms with Gasteiger partial charge in [0.15, 0.2) is 5.96 Å². The highest BCUT2D eigenvalue weighted by molar-refractivity contribution is 5.78. The Morgan fingerprint density at radius 1 is 1.53 bits per heavy atom. The van der Waals surface area contributed by atoms with E-state index in [9.17, 15) is 0 Å². The van der Waals surface area contributed by atoms with Gasteiger partial charge < -0.3 is 11.1 Å². The Labute approximate surface area is 91.6 Å². The molecule has 0 atom stereocenters. The first-order valence-corrected chi connectivity index (χ1v) is 5.51. The van der Waals surface area contributed by atoms with E-state index in [4.69, 9.17) is 11.0 Å². The third kappa shape index (κ3) is 4.20. The van der Waals surface area contributed by atoms with Crippen LogP contribution in [0.15, 0.2) is 4.99 Å². The van der Waals surface area contributed by atoms with E-state index in [-0.39, 0.29) is 0 Å². The molecule has 0 unspecified atom stereocenters. The molecule has 3 N–H and O–H groups in total. The first kappa shape index (κ1) is 11.8. The molecule has 1 saturated carbocycles. The summed E-state index contributed by atoms with van der Waals surface area (Å²) in [6.45, 7) is 4.17. The van der Waals surface area contributed by atoms with Gasteiger partial charge in [-0.05, 0) is 26.7 Å². The molecule has 0 aromatic carbocycles. The van der Waals surface area contributed by atoms with E-state index in [1.807, 2.05) is 13.8 Å². The quantitative estimate of drug-likeness (QED) is 0.543. The van der Waals surface area contributed by atoms with Crippen LogP contribution in [0.5, 0.6) is 0 Å². The Bertz CT molecular complexity index is 269. The fourth-order valence-electron chi connectivity index (χ4n) is 1.64. The van der Waals surface area contributed by atoms with Crippen molar-refractivity contribution in [1.82, 2.24) is 5.32 Å². The van der Waals surface area contributed by atoms with Gasteiger partial charge in [0.05, 0.1) is 18.0 Å². The summed E-state index contributed by atoms with van der Waals surface area (Å²) in [6.07, 6.45) is 4.90. The topological polar surface area (TPSA) is 74.2 Å². The van der Waals surface area contributed by atoms with E-state index in [1.165, 1.54) is 25.7 Å². The largest absolute Gasteiger partial charge is 0.370 e. The summed E-state index contributed by atoms with van der Waals surface area (Å²) in [5, 5.41) is 12.0. The van der Waals surface area contributed by atoms with Crippen molar-refractivity contribution < 1.29 is 0 Å². The second-order valence-corrected chi connectivity index (χ2v) is 4.82. The predicted molar refractivity (Wildman–Crippen MR) is 61.3 cm³/mol. The van der Waals surface area contributed by atoms with Crippen molar-refractivity contribution in [3.63, 3.8) is 0 Å². The smallest absolute Gasteiger partial charge is 0.188 e. The Kier molecular flexibility index (Phi) is 3.96. The van der Waals surface area contributed by atoms with Crippen LogP contribution in [0.3, 0.4) is 0 Å². The minimum atomic E-state index is -0.429. The summed E-state index contributed by atoms with van der Waals surface area (Å²) in [7, 11) is 0. The molecule has 1 aliphatic carbocycles. The van der Waals surface area contributed by atoms with Gasteiger partial charge in [0.25, 0.3) is 0 Å². The number of nitriles is 1. The normalized spacial score (nSPS) is 18.9. The van der Waals surface area contributed by atoms with E-state index in [0.717, 1.165) is 0 Å². The Hall–Kier alpha value is -1.24. The van der Waals surface area contributed by atoms with Gasteiger partial charge >= 0.3 is 0 Å². The van der Waals surface area contributed by atoms with Crippen LogP contribution in [0.4, 0.5) is 0 Å². The molecule has 15 heavy (non-hydrogen) atoms. The molecule has 4 nitrogen and oxygen atoms in total. The monoisotopic (exact) mass is 208 g/mol. The van der Waals surface area contributed by atoms with E-state index in [1.54, 1.807) is 0 Å². The summed E-state index contributed by atoms with van der Waals surface area (Å²) in [5.41, 5.74) is 5.32. The lowest BCUT2D eigenvalue weighted by Crippen LogP contribution is -2.39. The molecule has 84 valence electrons. The molecular weight excluding hydrogens is 188 g/mol. The Morgan fingerprint density at radius 3 is 2.67 bits per heavy atom. The minimum Gasteiger partial charge on any atom is -0.370 e. The fraction of sp³-hybridized carbons (Fsp3) is 0.818. The van der Waals surface area contributed by atoms with Gasteiger partial charge in [0.2, 0.25) is 0 Å². The summed E-state index contributed by atoms with van der Waals surface area (Å²) < 4.78 is 0. The van der Waals surface area contributed by atoms with Crippen LogP contribution in [0, 0.1) is 16.7 Å². The van der Waals surface area contributed by atoms with Crippen molar-refractivity contribution in [2.75, 3.05) is 6.54 Å². The lowest BCUT2D eigenvalue weighted by Gasteiger charge is -2.15. The maximum Gasteiger partial charge on any atom is 0.188 e. The maximum absolute atomic E-state index is 8.81. The lowest BCUT2D eigenvalue weighted by molar-refractivity contribution is 0.509. The molecule has 1 rings (SSSR count). The zero-order valence-electron chi connectivity index (χ0n) is 9.58. The van der Waals surface area contributed by atoms with Crippen LogP contribution in [0.2, 0.25) is 0 Å². The molecule has 0 bridgehead atoms. The number of aliphatic imine (C=N–C) groups is 1. The van der Waals surface area contributed by atoms with E-state index in [0.29, 0.717) is 18.5 Å². The van der Waals surface area contributed by atoms with Crippen molar-refractivity contribution in [3.8, 4) is 6.07 Å². The summed E-state index contributed by atoms with van der Waals surface area (Å²) in [6, 6.07) is 2.69. The number of nitrogens with zero attached hydrogens (tertiary/aromatic N) is 2. The highest BCUT2D eigenvalue weighted by Gasteiger charge is 2.17. The van der Waals surface area contributed by atoms with Crippen LogP contribution in [0.1, 0.15) is 39.5 Å². The molecule has 0 aromatic rings. The number of hydrogen-bond acceptors (Lipinski definition) is 2. The Morgan fingerprint density at radius 2 is 2.13 bits per heavy atom. The molecule has 0 aromatic heterocycles. The van der Waals surface area contributed by atoms with E-state index < -0.39 is 5.41 Å². The van der Waals surface area contributed by atoms with Gasteiger partial charge in [-0.15, -0.1) is 0 Å². The zero-order chi connectivity index (χ0) is 11.3. The second-order valence-electron chi connectivity index (χ2n) is 4.82. The third-order valence-corrected chi connectivity index (χ3v) is 2.65. The predicted octanol–water partition coefficient (Wildman–Crippen LogP) is 1.38. The second kappa shape index (κ2) is 5.01. The van der Waals surface area contributed by atoms with Crippen LogP contribution in [-0.2, 0) is 0 Å². The summed E-state index contributed by atoms with van der Waals surface area (Å²) >= 11 is 0. The number of nitrogens with two attached hydrogens (primary N) is 1. The van der Waals surface area contributed by atoms with Gasteiger partial charge in [-0.1, -0.05) is 12.8 Å². The summed E-state index contributed by atoms with van der Waals surface area (Å²) in [5.74, 6) is 0.477. The third-order valence-electron chi connectivity index (χ3n) is 2.65. The zero-order valence-corrected chi connectivity index (χ0v) is 9.58. The van der Waals surface area contributed by atoms with Crippen molar-refractivity contribution >= 4 is 5.96 Å². The van der Waals surface area contributed by atoms with Crippen LogP contribution < -0.4 is 11.1 Å². The standard InChI is InChI=1S/C11H20N4/c1-11(2,7-12)8-14-10(13)15-9-5-3-4-6-9/h9H,3-6,8H2,1-2H3,(H3,13,14,15). The highest BCUT2D eigenvalue weighted by Crippen LogP contribution is 2.17. The molecule has 0 aliphatic heterocycles. The van der Waals surface area contributed by atoms with Gasteiger partial charge in [-0.2, -0.15) is 5.26 Å². The first-order valence-electron chi connectivity index (χ1n) is 5.51. The van der Waals surface area contributed by atoms with Gasteiger partial charge in [-0.25, -0.2) is 0 Å². The van der Waals surface area contributed by atoms with Crippen LogP contribution >= 0.6 is 0 Å². The molecule has 0 amide bonds. The number of hydrogen-bond donors (Lipinski definition) is 2. The van der Waals surface area contributed by atoms with Crippen LogP contribution in [-0.4, -0.2) is 18.5 Å². The molecule has 0 spiro atoms. The van der Waals surface area contributed by atoms with Crippen molar-refractivity contribution in [2.24, 2.45) is 16.1 Å². The van der Waals surface area contributed by atoms with E-state index >= 15 is 0 Å². The minimum absolute atomic E-state index is 0.429. The van der Waals surface area contributed by atoms with Crippen LogP contribution in [0.25, 0.3) is 0 Å². The SMILES string of the molecule is CC(C)(C#N)CN=C(N)NC1CCCC1. The molecule has 0 saturated heterocycles. The molecular formula is C11H20N4. The summed E-state index contributed by atoms with van der Waals surface area (Å²) in [4.78, 5) is 4.19. The number of guanidine groups is 1. The number of nitrogens with one attached hydrogen (secondary N) is 1. The van der Waals surface area contributed by atoms with Gasteiger partial charge in [-0.3, -0.25) is 4.99 Å². The molecule has 0 heterocycles. The van der Waals surface area contributed by atoms with Crippen molar-refractivity contribution in [1.29, 1.82) is 5.26 Å². The molecule has 1 aliphatic rings. The average Bonchev–Trinajstić information content (AvgIpc) is 2.68. The van der Waals surface area contributed by atoms with Crippen molar-refractivity contribution in [2.45, 2.75) is 45.6 Å². The van der Waals surface area contributed by atoms with Gasteiger partial charge in [0.1, 0.15) is 0 Å².